The number of aromatic nitrogens is 2. The van der Waals surface area contributed by atoms with Crippen molar-refractivity contribution in [1.82, 2.24) is 20.0 Å². The van der Waals surface area contributed by atoms with Crippen LogP contribution in [-0.2, 0) is 11.2 Å². The monoisotopic (exact) mass is 382 g/mol. The van der Waals surface area contributed by atoms with E-state index in [1.807, 2.05) is 39.9 Å². The third-order valence-corrected chi connectivity index (χ3v) is 5.56. The molecular weight excluding hydrogens is 360 g/mol. The summed E-state index contributed by atoms with van der Waals surface area (Å²) in [6.07, 6.45) is 0.835. The number of likely N-dealkylation sites (N-methyl/N-ethyl adjacent to an activating group) is 1. The first-order chi connectivity index (χ1) is 13.2. The van der Waals surface area contributed by atoms with Crippen molar-refractivity contribution in [2.45, 2.75) is 18.9 Å². The van der Waals surface area contributed by atoms with E-state index in [9.17, 15) is 4.79 Å². The Morgan fingerprint density at radius 3 is 2.85 bits per heavy atom. The smallest absolute Gasteiger partial charge is 0.248 e. The maximum Gasteiger partial charge on any atom is 0.248 e. The maximum absolute atomic E-state index is 12.9. The van der Waals surface area contributed by atoms with Crippen LogP contribution < -0.4 is 0 Å². The Bertz CT molecular complexity index is 879. The fraction of sp³-hybridized carbons (Fsp3) is 0.350. The molecule has 1 atom stereocenters. The first-order valence-corrected chi connectivity index (χ1v) is 10.0. The lowest BCUT2D eigenvalue weighted by Crippen LogP contribution is -2.49. The molecule has 1 aromatic carbocycles. The average molecular weight is 382 g/mol. The highest BCUT2D eigenvalue weighted by molar-refractivity contribution is 7.08. The van der Waals surface area contributed by atoms with Crippen LogP contribution in [0.2, 0.25) is 0 Å². The zero-order valence-corrected chi connectivity index (χ0v) is 16.1. The molecule has 4 rings (SSSR count). The van der Waals surface area contributed by atoms with Crippen molar-refractivity contribution in [3.63, 3.8) is 0 Å². The van der Waals surface area contributed by atoms with Crippen LogP contribution in [-0.4, -0.2) is 52.6 Å². The molecule has 3 heterocycles. The second-order valence-corrected chi connectivity index (χ2v) is 7.57. The number of amides is 1. The molecule has 1 amide bonds. The Labute approximate surface area is 162 Å². The summed E-state index contributed by atoms with van der Waals surface area (Å²) in [6, 6.07) is 12.3. The van der Waals surface area contributed by atoms with E-state index in [0.29, 0.717) is 24.6 Å². The predicted octanol–water partition coefficient (Wildman–Crippen LogP) is 3.25. The van der Waals surface area contributed by atoms with Gasteiger partial charge in [0.2, 0.25) is 17.7 Å². The van der Waals surface area contributed by atoms with Gasteiger partial charge in [0, 0.05) is 43.4 Å². The fourth-order valence-corrected chi connectivity index (χ4v) is 4.02. The van der Waals surface area contributed by atoms with Crippen molar-refractivity contribution >= 4 is 17.2 Å². The van der Waals surface area contributed by atoms with E-state index in [2.05, 4.69) is 34.3 Å². The first-order valence-electron chi connectivity index (χ1n) is 9.08. The molecule has 1 aliphatic rings. The minimum atomic E-state index is 0.0847. The lowest BCUT2D eigenvalue weighted by Gasteiger charge is -2.40. The molecule has 2 aromatic heterocycles. The van der Waals surface area contributed by atoms with Gasteiger partial charge in [-0.15, -0.1) is 10.2 Å². The van der Waals surface area contributed by atoms with Crippen molar-refractivity contribution in [2.75, 3.05) is 26.7 Å². The van der Waals surface area contributed by atoms with Crippen molar-refractivity contribution in [3.05, 3.63) is 58.6 Å². The molecule has 3 aromatic rings. The predicted molar refractivity (Wildman–Crippen MR) is 104 cm³/mol. The van der Waals surface area contributed by atoms with E-state index in [1.54, 1.807) is 11.3 Å². The minimum Gasteiger partial charge on any atom is -0.421 e. The fourth-order valence-electron chi connectivity index (χ4n) is 3.39. The normalized spacial score (nSPS) is 18.0. The maximum atomic E-state index is 12.9. The van der Waals surface area contributed by atoms with Gasteiger partial charge in [0.1, 0.15) is 0 Å². The summed E-state index contributed by atoms with van der Waals surface area (Å²) in [5.41, 5.74) is 2.10. The highest BCUT2D eigenvalue weighted by Crippen LogP contribution is 2.26. The van der Waals surface area contributed by atoms with Gasteiger partial charge < -0.3 is 14.2 Å². The summed E-state index contributed by atoms with van der Waals surface area (Å²) in [5, 5.41) is 12.1. The third kappa shape index (κ3) is 4.09. The number of aryl methyl sites for hydroxylation is 1. The Kier molecular flexibility index (Phi) is 5.31. The topological polar surface area (TPSA) is 62.5 Å². The van der Waals surface area contributed by atoms with Crippen LogP contribution in [0.15, 0.2) is 51.6 Å². The van der Waals surface area contributed by atoms with E-state index in [4.69, 9.17) is 4.42 Å². The van der Waals surface area contributed by atoms with E-state index in [-0.39, 0.29) is 11.9 Å². The van der Waals surface area contributed by atoms with Crippen LogP contribution >= 0.6 is 11.3 Å². The molecule has 7 heteroatoms. The molecular formula is C20H22N4O2S. The number of piperazine rings is 1. The molecule has 0 radical (unpaired) electrons. The van der Waals surface area contributed by atoms with Gasteiger partial charge in [-0.2, -0.15) is 11.3 Å². The molecule has 0 bridgehead atoms. The number of thiophene rings is 1. The number of hydrogen-bond donors (Lipinski definition) is 0. The molecule has 27 heavy (non-hydrogen) atoms. The van der Waals surface area contributed by atoms with Gasteiger partial charge in [-0.25, -0.2) is 0 Å². The summed E-state index contributed by atoms with van der Waals surface area (Å²) in [6.45, 7) is 2.47. The zero-order chi connectivity index (χ0) is 18.6. The Balaban J connectivity index is 1.42. The molecule has 0 aliphatic carbocycles. The summed E-state index contributed by atoms with van der Waals surface area (Å²) in [7, 11) is 2.10. The highest BCUT2D eigenvalue weighted by Gasteiger charge is 2.30. The lowest BCUT2D eigenvalue weighted by molar-refractivity contribution is -0.136. The van der Waals surface area contributed by atoms with Gasteiger partial charge in [-0.05, 0) is 24.1 Å². The highest BCUT2D eigenvalue weighted by atomic mass is 32.1. The number of nitrogens with zero attached hydrogens (tertiary/aromatic N) is 4. The summed E-state index contributed by atoms with van der Waals surface area (Å²) in [5.74, 6) is 1.16. The van der Waals surface area contributed by atoms with Crippen molar-refractivity contribution in [3.8, 4) is 11.5 Å². The molecule has 6 nitrogen and oxygen atoms in total. The standard InChI is InChI=1S/C20H22N4O2S/c1-23-10-11-24(17(13-23)15-5-3-2-4-6-15)19(25)8-7-18-21-22-20(26-18)16-9-12-27-14-16/h2-6,9,12,14,17H,7-8,10-11,13H2,1H3. The van der Waals surface area contributed by atoms with Gasteiger partial charge in [-0.3, -0.25) is 4.79 Å². The number of carbonyl (C=O) groups is 1. The summed E-state index contributed by atoms with van der Waals surface area (Å²) >= 11 is 1.59. The van der Waals surface area contributed by atoms with E-state index in [1.165, 1.54) is 5.56 Å². The van der Waals surface area contributed by atoms with Crippen LogP contribution in [0.4, 0.5) is 0 Å². The quantitative estimate of drug-likeness (QED) is 0.678. The second-order valence-electron chi connectivity index (χ2n) is 6.79. The van der Waals surface area contributed by atoms with Gasteiger partial charge in [-0.1, -0.05) is 30.3 Å². The average Bonchev–Trinajstić information content (AvgIpc) is 3.38. The van der Waals surface area contributed by atoms with E-state index < -0.39 is 0 Å². The van der Waals surface area contributed by atoms with Crippen molar-refractivity contribution in [2.24, 2.45) is 0 Å². The van der Waals surface area contributed by atoms with Crippen LogP contribution in [0, 0.1) is 0 Å². The Morgan fingerprint density at radius 1 is 1.22 bits per heavy atom. The molecule has 0 N–H and O–H groups in total. The zero-order valence-electron chi connectivity index (χ0n) is 15.2. The van der Waals surface area contributed by atoms with Gasteiger partial charge in [0.25, 0.3) is 0 Å². The Morgan fingerprint density at radius 2 is 2.07 bits per heavy atom. The number of carbonyl (C=O) groups excluding carboxylic acids is 1. The lowest BCUT2D eigenvalue weighted by atomic mass is 10.0. The van der Waals surface area contributed by atoms with Gasteiger partial charge >= 0.3 is 0 Å². The first kappa shape index (κ1) is 17.9. The van der Waals surface area contributed by atoms with Crippen molar-refractivity contribution < 1.29 is 9.21 Å². The third-order valence-electron chi connectivity index (χ3n) is 4.88. The molecule has 140 valence electrons. The van der Waals surface area contributed by atoms with Crippen LogP contribution in [0.3, 0.4) is 0 Å². The molecule has 1 unspecified atom stereocenters. The SMILES string of the molecule is CN1CCN(C(=O)CCc2nnc(-c3ccsc3)o2)C(c2ccccc2)C1. The van der Waals surface area contributed by atoms with Crippen LogP contribution in [0.5, 0.6) is 0 Å². The largest absolute Gasteiger partial charge is 0.421 e. The number of hydrogen-bond acceptors (Lipinski definition) is 6. The second kappa shape index (κ2) is 8.02. The van der Waals surface area contributed by atoms with Crippen LogP contribution in [0.25, 0.3) is 11.5 Å². The summed E-state index contributed by atoms with van der Waals surface area (Å²) in [4.78, 5) is 17.2. The Hall–Kier alpha value is -2.51. The summed E-state index contributed by atoms with van der Waals surface area (Å²) < 4.78 is 5.70. The van der Waals surface area contributed by atoms with E-state index >= 15 is 0 Å². The van der Waals surface area contributed by atoms with E-state index in [0.717, 1.165) is 25.2 Å². The molecule has 0 spiro atoms. The van der Waals surface area contributed by atoms with Crippen LogP contribution in [0.1, 0.15) is 23.9 Å². The van der Waals surface area contributed by atoms with Gasteiger partial charge in [0.15, 0.2) is 0 Å². The molecule has 0 saturated carbocycles. The molecule has 1 fully saturated rings. The molecule has 1 saturated heterocycles. The van der Waals surface area contributed by atoms with Crippen molar-refractivity contribution in [1.29, 1.82) is 0 Å². The minimum absolute atomic E-state index is 0.0847. The number of benzene rings is 1. The van der Waals surface area contributed by atoms with Gasteiger partial charge in [0.05, 0.1) is 6.04 Å². The number of rotatable bonds is 5. The molecule has 1 aliphatic heterocycles.